The maximum Gasteiger partial charge on any atom is 0.267 e. The van der Waals surface area contributed by atoms with Crippen LogP contribution in [0.3, 0.4) is 0 Å². The van der Waals surface area contributed by atoms with Gasteiger partial charge in [0.05, 0.1) is 0 Å². The number of carbonyl (C=O) groups excluding carboxylic acids is 1. The molecule has 0 spiro atoms. The van der Waals surface area contributed by atoms with E-state index in [1.807, 2.05) is 0 Å². The number of amides is 1. The summed E-state index contributed by atoms with van der Waals surface area (Å²) in [6, 6.07) is 6.44. The molecule has 4 atom stereocenters. The van der Waals surface area contributed by atoms with E-state index >= 15 is 0 Å². The van der Waals surface area contributed by atoms with Gasteiger partial charge in [0.25, 0.3) is 5.91 Å². The van der Waals surface area contributed by atoms with Crippen molar-refractivity contribution < 1.29 is 9.18 Å². The van der Waals surface area contributed by atoms with Crippen LogP contribution >= 0.6 is 0 Å². The first-order valence-corrected chi connectivity index (χ1v) is 8.19. The Kier molecular flexibility index (Phi) is 3.21. The molecule has 4 heteroatoms. The lowest BCUT2D eigenvalue weighted by molar-refractivity contribution is 0.0911. The first-order chi connectivity index (χ1) is 10.6. The zero-order chi connectivity index (χ0) is 15.3. The fraction of sp³-hybridized carbons (Fsp3) is 0.500. The first kappa shape index (κ1) is 13.8. The van der Waals surface area contributed by atoms with Gasteiger partial charge >= 0.3 is 0 Å². The summed E-state index contributed by atoms with van der Waals surface area (Å²) < 4.78 is 13.2. The molecule has 0 aliphatic heterocycles. The number of hydrogen-bond donors (Lipinski definition) is 2. The number of aromatic nitrogens is 1. The second kappa shape index (κ2) is 5.11. The van der Waals surface area contributed by atoms with E-state index in [0.717, 1.165) is 22.7 Å². The normalized spacial score (nSPS) is 28.2. The molecule has 22 heavy (non-hydrogen) atoms. The molecular formula is C18H21FN2O. The lowest BCUT2D eigenvalue weighted by Crippen LogP contribution is -2.40. The van der Waals surface area contributed by atoms with Crippen molar-refractivity contribution in [2.45, 2.75) is 38.6 Å². The molecule has 2 bridgehead atoms. The number of H-pyrrole nitrogens is 1. The Hall–Kier alpha value is -1.84. The highest BCUT2D eigenvalue weighted by atomic mass is 19.1. The van der Waals surface area contributed by atoms with Gasteiger partial charge in [-0.1, -0.05) is 6.42 Å². The van der Waals surface area contributed by atoms with E-state index in [2.05, 4.69) is 17.2 Å². The van der Waals surface area contributed by atoms with E-state index < -0.39 is 0 Å². The summed E-state index contributed by atoms with van der Waals surface area (Å²) in [4.78, 5) is 15.5. The summed E-state index contributed by atoms with van der Waals surface area (Å²) in [6.07, 6.45) is 5.29. The third-order valence-corrected chi connectivity index (χ3v) is 5.62. The number of rotatable bonds is 3. The van der Waals surface area contributed by atoms with Gasteiger partial charge < -0.3 is 10.3 Å². The van der Waals surface area contributed by atoms with Crippen LogP contribution in [0, 0.1) is 23.6 Å². The summed E-state index contributed by atoms with van der Waals surface area (Å²) >= 11 is 0. The van der Waals surface area contributed by atoms with Gasteiger partial charge in [0.2, 0.25) is 0 Å². The van der Waals surface area contributed by atoms with E-state index in [0.29, 0.717) is 11.6 Å². The van der Waals surface area contributed by atoms with Crippen LogP contribution in [0.5, 0.6) is 0 Å². The lowest BCUT2D eigenvalue weighted by Gasteiger charge is -2.28. The smallest absolute Gasteiger partial charge is 0.267 e. The predicted molar refractivity (Wildman–Crippen MR) is 84.1 cm³/mol. The van der Waals surface area contributed by atoms with E-state index in [1.165, 1.54) is 37.8 Å². The molecule has 0 saturated heterocycles. The van der Waals surface area contributed by atoms with Crippen LogP contribution in [0.25, 0.3) is 10.9 Å². The maximum absolute atomic E-state index is 13.2. The monoisotopic (exact) mass is 300 g/mol. The quantitative estimate of drug-likeness (QED) is 0.888. The van der Waals surface area contributed by atoms with Crippen molar-refractivity contribution in [2.75, 3.05) is 0 Å². The highest BCUT2D eigenvalue weighted by Crippen LogP contribution is 2.49. The van der Waals surface area contributed by atoms with Gasteiger partial charge in [-0.3, -0.25) is 4.79 Å². The van der Waals surface area contributed by atoms with Crippen LogP contribution in [0.15, 0.2) is 24.3 Å². The average Bonchev–Trinajstić information content (AvgIpc) is 3.20. The zero-order valence-corrected chi connectivity index (χ0v) is 12.7. The number of hydrogen-bond acceptors (Lipinski definition) is 1. The molecule has 0 radical (unpaired) electrons. The van der Waals surface area contributed by atoms with Crippen molar-refractivity contribution in [1.82, 2.24) is 10.3 Å². The fourth-order valence-corrected chi connectivity index (χ4v) is 4.52. The number of halogens is 1. The summed E-state index contributed by atoms with van der Waals surface area (Å²) in [5.41, 5.74) is 1.30. The molecule has 2 aliphatic carbocycles. The van der Waals surface area contributed by atoms with E-state index in [9.17, 15) is 9.18 Å². The summed E-state index contributed by atoms with van der Waals surface area (Å²) in [5.74, 6) is 1.91. The molecule has 2 saturated carbocycles. The van der Waals surface area contributed by atoms with Crippen molar-refractivity contribution in [3.8, 4) is 0 Å². The molecule has 2 aliphatic rings. The molecule has 3 nitrogen and oxygen atoms in total. The Balaban J connectivity index is 1.48. The lowest BCUT2D eigenvalue weighted by atomic mass is 9.84. The van der Waals surface area contributed by atoms with Crippen molar-refractivity contribution in [1.29, 1.82) is 0 Å². The number of nitrogens with one attached hydrogen (secondary N) is 2. The van der Waals surface area contributed by atoms with Crippen LogP contribution in [0.2, 0.25) is 0 Å². The molecule has 4 unspecified atom stereocenters. The second-order valence-electron chi connectivity index (χ2n) is 7.02. The standard InChI is InChI=1S/C18H21FN2O/c1-10(15-7-11-2-3-12(15)6-11)20-18(22)17-9-13-8-14(19)4-5-16(13)21-17/h4-5,8-12,15,21H,2-3,6-7H2,1H3,(H,20,22). The number of aromatic amines is 1. The van der Waals surface area contributed by atoms with Crippen LogP contribution < -0.4 is 5.32 Å². The fourth-order valence-electron chi connectivity index (χ4n) is 4.52. The Morgan fingerprint density at radius 3 is 2.91 bits per heavy atom. The molecule has 116 valence electrons. The van der Waals surface area contributed by atoms with Gasteiger partial charge in [-0.2, -0.15) is 0 Å². The molecular weight excluding hydrogens is 279 g/mol. The first-order valence-electron chi connectivity index (χ1n) is 8.19. The minimum Gasteiger partial charge on any atom is -0.351 e. The molecule has 2 aromatic rings. The van der Waals surface area contributed by atoms with Gasteiger partial charge in [0, 0.05) is 16.9 Å². The number of fused-ring (bicyclic) bond motifs is 3. The third kappa shape index (κ3) is 2.31. The highest BCUT2D eigenvalue weighted by molar-refractivity contribution is 5.98. The Labute approximate surface area is 129 Å². The van der Waals surface area contributed by atoms with Gasteiger partial charge in [0.1, 0.15) is 11.5 Å². The topological polar surface area (TPSA) is 44.9 Å². The molecule has 1 aromatic carbocycles. The minimum atomic E-state index is -0.284. The van der Waals surface area contributed by atoms with Gasteiger partial charge in [-0.25, -0.2) is 4.39 Å². The van der Waals surface area contributed by atoms with Crippen LogP contribution in [-0.4, -0.2) is 16.9 Å². The van der Waals surface area contributed by atoms with Crippen LogP contribution in [-0.2, 0) is 0 Å². The zero-order valence-electron chi connectivity index (χ0n) is 12.7. The van der Waals surface area contributed by atoms with Crippen LogP contribution in [0.4, 0.5) is 4.39 Å². The molecule has 4 rings (SSSR count). The largest absolute Gasteiger partial charge is 0.351 e. The summed E-state index contributed by atoms with van der Waals surface area (Å²) in [6.45, 7) is 2.12. The molecule has 1 amide bonds. The molecule has 2 fully saturated rings. The number of carbonyl (C=O) groups is 1. The van der Waals surface area contributed by atoms with E-state index in [4.69, 9.17) is 0 Å². The van der Waals surface area contributed by atoms with Crippen molar-refractivity contribution in [3.63, 3.8) is 0 Å². The Morgan fingerprint density at radius 1 is 1.32 bits per heavy atom. The Morgan fingerprint density at radius 2 is 2.18 bits per heavy atom. The minimum absolute atomic E-state index is 0.0909. The SMILES string of the molecule is CC(NC(=O)c1cc2cc(F)ccc2[nH]1)C1CC2CCC1C2. The predicted octanol–water partition coefficient (Wildman–Crippen LogP) is 3.86. The maximum atomic E-state index is 13.2. The summed E-state index contributed by atoms with van der Waals surface area (Å²) in [7, 11) is 0. The van der Waals surface area contributed by atoms with E-state index in [-0.39, 0.29) is 17.8 Å². The average molecular weight is 300 g/mol. The van der Waals surface area contributed by atoms with Gasteiger partial charge in [-0.05, 0) is 68.2 Å². The third-order valence-electron chi connectivity index (χ3n) is 5.62. The Bertz CT molecular complexity index is 723. The summed E-state index contributed by atoms with van der Waals surface area (Å²) in [5, 5.41) is 3.87. The molecule has 1 aromatic heterocycles. The van der Waals surface area contributed by atoms with Crippen molar-refractivity contribution in [2.24, 2.45) is 17.8 Å². The van der Waals surface area contributed by atoms with Crippen molar-refractivity contribution in [3.05, 3.63) is 35.8 Å². The highest BCUT2D eigenvalue weighted by Gasteiger charge is 2.42. The van der Waals surface area contributed by atoms with Gasteiger partial charge in [-0.15, -0.1) is 0 Å². The van der Waals surface area contributed by atoms with Crippen molar-refractivity contribution >= 4 is 16.8 Å². The number of benzene rings is 1. The van der Waals surface area contributed by atoms with Gasteiger partial charge in [0.15, 0.2) is 0 Å². The van der Waals surface area contributed by atoms with Crippen LogP contribution in [0.1, 0.15) is 43.1 Å². The molecule has 1 heterocycles. The van der Waals surface area contributed by atoms with E-state index in [1.54, 1.807) is 12.1 Å². The second-order valence-corrected chi connectivity index (χ2v) is 7.02. The molecule has 2 N–H and O–H groups in total.